The van der Waals surface area contributed by atoms with Crippen molar-refractivity contribution in [1.82, 2.24) is 5.32 Å². The van der Waals surface area contributed by atoms with E-state index in [-0.39, 0.29) is 11.3 Å². The Labute approximate surface area is 122 Å². The summed E-state index contributed by atoms with van der Waals surface area (Å²) in [4.78, 5) is 0. The maximum Gasteiger partial charge on any atom is 0.0445 e. The van der Waals surface area contributed by atoms with E-state index in [1.807, 2.05) is 13.0 Å². The van der Waals surface area contributed by atoms with Gasteiger partial charge < -0.3 is 5.32 Å². The second-order valence-electron chi connectivity index (χ2n) is 5.31. The number of hydrogen-bond donors (Lipinski definition) is 1. The Hall–Kier alpha value is -1.45. The normalized spacial score (nSPS) is 26.4. The Morgan fingerprint density at radius 2 is 1.65 bits per heavy atom. The minimum atomic E-state index is -0.719. The second-order valence-corrected chi connectivity index (χ2v) is 7.21. The first-order valence-corrected chi connectivity index (χ1v) is 8.38. The van der Waals surface area contributed by atoms with Crippen LogP contribution in [0.3, 0.4) is 0 Å². The van der Waals surface area contributed by atoms with Gasteiger partial charge in [-0.3, -0.25) is 4.21 Å². The average Bonchev–Trinajstić information content (AvgIpc) is 2.51. The van der Waals surface area contributed by atoms with Crippen LogP contribution in [-0.2, 0) is 10.8 Å². The molecule has 3 rings (SSSR count). The average molecular weight is 285 g/mol. The molecule has 2 aromatic carbocycles. The van der Waals surface area contributed by atoms with Crippen molar-refractivity contribution in [2.75, 3.05) is 12.3 Å². The fourth-order valence-electron chi connectivity index (χ4n) is 2.54. The first-order chi connectivity index (χ1) is 9.74. The zero-order valence-corrected chi connectivity index (χ0v) is 12.4. The van der Waals surface area contributed by atoms with Crippen molar-refractivity contribution >= 4 is 10.8 Å². The Morgan fingerprint density at radius 1 is 1.00 bits per heavy atom. The smallest absolute Gasteiger partial charge is 0.0445 e. The summed E-state index contributed by atoms with van der Waals surface area (Å²) in [7, 11) is -0.719. The highest BCUT2D eigenvalue weighted by Gasteiger charge is 2.24. The summed E-state index contributed by atoms with van der Waals surface area (Å²) < 4.78 is 11.9. The van der Waals surface area contributed by atoms with Crippen molar-refractivity contribution < 1.29 is 4.21 Å². The summed E-state index contributed by atoms with van der Waals surface area (Å²) >= 11 is 0. The van der Waals surface area contributed by atoms with Gasteiger partial charge in [-0.25, -0.2) is 0 Å². The van der Waals surface area contributed by atoms with Crippen molar-refractivity contribution in [3.63, 3.8) is 0 Å². The SMILES string of the molecule is CC1CNC(c2ccc(-c3ccccc3)cc2)CS1=O. The van der Waals surface area contributed by atoms with E-state index in [0.29, 0.717) is 5.75 Å². The van der Waals surface area contributed by atoms with Gasteiger partial charge in [0.25, 0.3) is 0 Å². The van der Waals surface area contributed by atoms with E-state index in [2.05, 4.69) is 53.8 Å². The summed E-state index contributed by atoms with van der Waals surface area (Å²) in [5, 5.41) is 3.74. The van der Waals surface area contributed by atoms with E-state index >= 15 is 0 Å². The zero-order valence-electron chi connectivity index (χ0n) is 11.6. The molecule has 20 heavy (non-hydrogen) atoms. The molecule has 0 spiro atoms. The van der Waals surface area contributed by atoms with Gasteiger partial charge in [0.1, 0.15) is 0 Å². The van der Waals surface area contributed by atoms with Gasteiger partial charge in [-0.2, -0.15) is 0 Å². The fraction of sp³-hybridized carbons (Fsp3) is 0.294. The van der Waals surface area contributed by atoms with Crippen LogP contribution in [0.1, 0.15) is 18.5 Å². The van der Waals surface area contributed by atoms with Gasteiger partial charge in [-0.15, -0.1) is 0 Å². The maximum atomic E-state index is 11.9. The third-order valence-electron chi connectivity index (χ3n) is 3.85. The van der Waals surface area contributed by atoms with Gasteiger partial charge in [0.2, 0.25) is 0 Å². The lowest BCUT2D eigenvalue weighted by atomic mass is 10.0. The third kappa shape index (κ3) is 2.84. The van der Waals surface area contributed by atoms with Crippen molar-refractivity contribution in [3.8, 4) is 11.1 Å². The van der Waals surface area contributed by atoms with Crippen molar-refractivity contribution in [2.24, 2.45) is 0 Å². The molecule has 0 saturated carbocycles. The molecule has 2 nitrogen and oxygen atoms in total. The fourth-order valence-corrected chi connectivity index (χ4v) is 3.79. The molecular weight excluding hydrogens is 266 g/mol. The van der Waals surface area contributed by atoms with E-state index in [1.54, 1.807) is 0 Å². The zero-order chi connectivity index (χ0) is 13.9. The molecule has 0 amide bonds. The molecule has 1 aliphatic heterocycles. The molecule has 3 unspecified atom stereocenters. The summed E-state index contributed by atoms with van der Waals surface area (Å²) in [6.07, 6.45) is 0. The molecule has 1 saturated heterocycles. The topological polar surface area (TPSA) is 29.1 Å². The lowest BCUT2D eigenvalue weighted by Crippen LogP contribution is -2.41. The Balaban J connectivity index is 1.78. The molecule has 1 fully saturated rings. The van der Waals surface area contributed by atoms with E-state index in [4.69, 9.17) is 0 Å². The first kappa shape index (κ1) is 13.5. The highest BCUT2D eigenvalue weighted by atomic mass is 32.2. The van der Waals surface area contributed by atoms with E-state index in [0.717, 1.165) is 6.54 Å². The van der Waals surface area contributed by atoms with E-state index < -0.39 is 10.8 Å². The van der Waals surface area contributed by atoms with Crippen LogP contribution in [0.2, 0.25) is 0 Å². The lowest BCUT2D eigenvalue weighted by molar-refractivity contribution is 0.540. The van der Waals surface area contributed by atoms with Gasteiger partial charge in [0.05, 0.1) is 0 Å². The van der Waals surface area contributed by atoms with Crippen LogP contribution in [0.15, 0.2) is 54.6 Å². The van der Waals surface area contributed by atoms with Gasteiger partial charge in [0, 0.05) is 34.4 Å². The molecular formula is C17H19NOS. The standard InChI is InChI=1S/C17H19NOS/c1-13-11-18-17(12-20(13)19)16-9-7-15(8-10-16)14-5-3-2-4-6-14/h2-10,13,17-18H,11-12H2,1H3. The third-order valence-corrected chi connectivity index (χ3v) is 5.58. The summed E-state index contributed by atoms with van der Waals surface area (Å²) in [6, 6.07) is 19.2. The lowest BCUT2D eigenvalue weighted by Gasteiger charge is -2.27. The van der Waals surface area contributed by atoms with Crippen LogP contribution in [0.4, 0.5) is 0 Å². The summed E-state index contributed by atoms with van der Waals surface area (Å²) in [6.45, 7) is 2.87. The quantitative estimate of drug-likeness (QED) is 0.918. The molecule has 2 aromatic rings. The van der Waals surface area contributed by atoms with Crippen LogP contribution >= 0.6 is 0 Å². The van der Waals surface area contributed by atoms with Crippen molar-refractivity contribution in [1.29, 1.82) is 0 Å². The molecule has 104 valence electrons. The van der Waals surface area contributed by atoms with Crippen molar-refractivity contribution in [2.45, 2.75) is 18.2 Å². The molecule has 1 aliphatic rings. The summed E-state index contributed by atoms with van der Waals surface area (Å²) in [5.41, 5.74) is 3.68. The van der Waals surface area contributed by atoms with Crippen LogP contribution in [0.25, 0.3) is 11.1 Å². The molecule has 3 atom stereocenters. The van der Waals surface area contributed by atoms with E-state index in [9.17, 15) is 4.21 Å². The van der Waals surface area contributed by atoms with Crippen LogP contribution in [-0.4, -0.2) is 21.8 Å². The number of benzene rings is 2. The predicted molar refractivity (Wildman–Crippen MR) is 85.1 cm³/mol. The molecule has 1 heterocycles. The highest BCUT2D eigenvalue weighted by molar-refractivity contribution is 7.85. The molecule has 0 aliphatic carbocycles. The van der Waals surface area contributed by atoms with Crippen LogP contribution in [0.5, 0.6) is 0 Å². The molecule has 3 heteroatoms. The van der Waals surface area contributed by atoms with Crippen LogP contribution in [0, 0.1) is 0 Å². The van der Waals surface area contributed by atoms with Crippen molar-refractivity contribution in [3.05, 3.63) is 60.2 Å². The molecule has 0 aromatic heterocycles. The maximum absolute atomic E-state index is 11.9. The predicted octanol–water partition coefficient (Wildman–Crippen LogP) is 3.14. The largest absolute Gasteiger partial charge is 0.308 e. The van der Waals surface area contributed by atoms with Gasteiger partial charge >= 0.3 is 0 Å². The Morgan fingerprint density at radius 3 is 2.30 bits per heavy atom. The number of nitrogens with one attached hydrogen (secondary N) is 1. The van der Waals surface area contributed by atoms with Crippen LogP contribution < -0.4 is 5.32 Å². The van der Waals surface area contributed by atoms with E-state index in [1.165, 1.54) is 16.7 Å². The molecule has 0 radical (unpaired) electrons. The first-order valence-electron chi connectivity index (χ1n) is 7.00. The van der Waals surface area contributed by atoms with Gasteiger partial charge in [-0.1, -0.05) is 54.6 Å². The Bertz CT molecular complexity index is 594. The van der Waals surface area contributed by atoms with Gasteiger partial charge in [-0.05, 0) is 23.6 Å². The second kappa shape index (κ2) is 5.90. The monoisotopic (exact) mass is 285 g/mol. The van der Waals surface area contributed by atoms with Gasteiger partial charge in [0.15, 0.2) is 0 Å². The number of rotatable bonds is 2. The minimum Gasteiger partial charge on any atom is -0.308 e. The molecule has 0 bridgehead atoms. The number of hydrogen-bond acceptors (Lipinski definition) is 2. The molecule has 1 N–H and O–H groups in total. The highest BCUT2D eigenvalue weighted by Crippen LogP contribution is 2.24. The Kier molecular flexibility index (Phi) is 3.99. The summed E-state index contributed by atoms with van der Waals surface area (Å²) in [5.74, 6) is 0.714. The minimum absolute atomic E-state index is 0.219.